The summed E-state index contributed by atoms with van der Waals surface area (Å²) in [5, 5.41) is 4.13. The van der Waals surface area contributed by atoms with E-state index in [1.165, 1.54) is 5.69 Å². The molecule has 0 saturated carbocycles. The Labute approximate surface area is 267 Å². The second-order valence-electron chi connectivity index (χ2n) is 11.9. The van der Waals surface area contributed by atoms with Crippen molar-refractivity contribution in [3.05, 3.63) is 108 Å². The van der Waals surface area contributed by atoms with Crippen LogP contribution in [-0.4, -0.2) is 51.2 Å². The highest BCUT2D eigenvalue weighted by Crippen LogP contribution is 2.31. The van der Waals surface area contributed by atoms with Gasteiger partial charge >= 0.3 is 0 Å². The molecule has 0 unspecified atom stereocenters. The number of nitrogens with zero attached hydrogens (tertiary/aromatic N) is 5. The maximum absolute atomic E-state index is 13.4. The predicted molar refractivity (Wildman–Crippen MR) is 192 cm³/mol. The van der Waals surface area contributed by atoms with Crippen LogP contribution in [-0.2, 0) is 0 Å². The number of rotatable bonds is 3. The van der Waals surface area contributed by atoms with Crippen molar-refractivity contribution >= 4 is 38.3 Å². The summed E-state index contributed by atoms with van der Waals surface area (Å²) in [4.78, 5) is 27.4. The molecule has 3 aromatic carbocycles. The van der Waals surface area contributed by atoms with Crippen LogP contribution >= 0.6 is 0 Å². The molecule has 1 aliphatic rings. The highest BCUT2D eigenvalue weighted by atomic mass is 16.1. The zero-order valence-electron chi connectivity index (χ0n) is 27.7. The van der Waals surface area contributed by atoms with Crippen molar-refractivity contribution in [3.63, 3.8) is 0 Å². The summed E-state index contributed by atoms with van der Waals surface area (Å²) in [6.07, 6.45) is 5.56. The molecular formula is C39H45N5O. The molecule has 3 aromatic heterocycles. The molecule has 0 spiro atoms. The molecular weight excluding hydrogens is 554 g/mol. The predicted octanol–water partition coefficient (Wildman–Crippen LogP) is 8.73. The smallest absolute Gasteiger partial charge is 0.255 e. The molecule has 6 aromatic rings. The number of fused-ring (bicyclic) bond motifs is 4. The quantitative estimate of drug-likeness (QED) is 0.190. The van der Waals surface area contributed by atoms with E-state index < -0.39 is 0 Å². The minimum atomic E-state index is -0.0567. The van der Waals surface area contributed by atoms with E-state index in [-0.39, 0.29) is 11.1 Å². The first kappa shape index (κ1) is 31.9. The van der Waals surface area contributed by atoms with E-state index >= 15 is 0 Å². The number of aromatic nitrogens is 3. The summed E-state index contributed by atoms with van der Waals surface area (Å²) in [5.74, 6) is 0. The van der Waals surface area contributed by atoms with E-state index in [2.05, 4.69) is 90.2 Å². The van der Waals surface area contributed by atoms with Crippen LogP contribution < -0.4 is 10.5 Å². The topological polar surface area (TPSA) is 54.3 Å². The Morgan fingerprint density at radius 2 is 1.29 bits per heavy atom. The van der Waals surface area contributed by atoms with Crippen LogP contribution in [0, 0.1) is 0 Å². The van der Waals surface area contributed by atoms with E-state index in [4.69, 9.17) is 4.98 Å². The van der Waals surface area contributed by atoms with Gasteiger partial charge in [0, 0.05) is 83.9 Å². The molecule has 0 amide bonds. The Kier molecular flexibility index (Phi) is 9.64. The molecule has 0 bridgehead atoms. The number of piperazine rings is 1. The van der Waals surface area contributed by atoms with Crippen molar-refractivity contribution < 1.29 is 0 Å². The Morgan fingerprint density at radius 3 is 2.00 bits per heavy atom. The van der Waals surface area contributed by atoms with Crippen LogP contribution in [0.5, 0.6) is 0 Å². The van der Waals surface area contributed by atoms with Crippen LogP contribution in [0.2, 0.25) is 0 Å². The van der Waals surface area contributed by atoms with E-state index in [0.717, 1.165) is 75.6 Å². The fraction of sp³-hybridized carbons (Fsp3) is 0.308. The lowest BCUT2D eigenvalue weighted by atomic mass is 9.99. The molecule has 1 aliphatic heterocycles. The molecule has 0 radical (unpaired) electrons. The zero-order valence-corrected chi connectivity index (χ0v) is 27.7. The second-order valence-corrected chi connectivity index (χ2v) is 11.9. The van der Waals surface area contributed by atoms with Gasteiger partial charge in [0.1, 0.15) is 0 Å². The largest absolute Gasteiger partial charge is 0.369 e. The maximum atomic E-state index is 13.4. The first-order valence-electron chi connectivity index (χ1n) is 16.2. The third-order valence-electron chi connectivity index (χ3n) is 8.39. The van der Waals surface area contributed by atoms with Crippen molar-refractivity contribution in [2.75, 3.05) is 31.1 Å². The van der Waals surface area contributed by atoms with Crippen molar-refractivity contribution in [2.24, 2.45) is 0 Å². The Balaban J connectivity index is 0.000000963. The minimum Gasteiger partial charge on any atom is -0.369 e. The highest BCUT2D eigenvalue weighted by molar-refractivity contribution is 6.05. The average molecular weight is 600 g/mol. The van der Waals surface area contributed by atoms with Gasteiger partial charge in [-0.2, -0.15) is 0 Å². The summed E-state index contributed by atoms with van der Waals surface area (Å²) < 4.78 is 1.83. The summed E-state index contributed by atoms with van der Waals surface area (Å²) in [7, 11) is 0. The third-order valence-corrected chi connectivity index (χ3v) is 8.39. The van der Waals surface area contributed by atoms with E-state index in [0.29, 0.717) is 0 Å². The van der Waals surface area contributed by atoms with Gasteiger partial charge in [-0.1, -0.05) is 45.9 Å². The van der Waals surface area contributed by atoms with Gasteiger partial charge in [0.05, 0.1) is 11.0 Å². The van der Waals surface area contributed by atoms with Gasteiger partial charge < -0.3 is 4.90 Å². The minimum absolute atomic E-state index is 0.0567. The SMILES string of the molecule is CC.CC.CC(C)(C)N1CCN(c2ccc(-n3c(=O)ccc4cnc5ccc(-c6ccc7ccncc7c6)cc5c43)cc2)CC1. The van der Waals surface area contributed by atoms with Crippen LogP contribution in [0.15, 0.2) is 102 Å². The molecule has 6 heteroatoms. The fourth-order valence-electron chi connectivity index (χ4n) is 6.06. The summed E-state index contributed by atoms with van der Waals surface area (Å²) in [6.45, 7) is 18.9. The molecule has 232 valence electrons. The van der Waals surface area contributed by atoms with Gasteiger partial charge in [-0.25, -0.2) is 0 Å². The molecule has 45 heavy (non-hydrogen) atoms. The van der Waals surface area contributed by atoms with Gasteiger partial charge in [-0.3, -0.25) is 24.2 Å². The zero-order chi connectivity index (χ0) is 32.1. The Hall–Kier alpha value is -4.55. The van der Waals surface area contributed by atoms with E-state index in [1.807, 2.05) is 69.1 Å². The molecule has 4 heterocycles. The van der Waals surface area contributed by atoms with Crippen molar-refractivity contribution in [3.8, 4) is 16.8 Å². The monoisotopic (exact) mass is 599 g/mol. The molecule has 7 rings (SSSR count). The normalized spacial score (nSPS) is 13.7. The van der Waals surface area contributed by atoms with Gasteiger partial charge in [0.2, 0.25) is 0 Å². The standard InChI is InChI=1S/C35H33N5O.2C2H6/c1-35(2,3)39-18-16-38(17-19-39)29-8-10-30(11-9-29)40-33(41)13-7-27-23-37-32-12-6-26(21-31(32)34(27)40)25-5-4-24-14-15-36-22-28(24)20-25;2*1-2/h4-15,20-23H,16-19H2,1-3H3;2*1-2H3. The lowest BCUT2D eigenvalue weighted by Crippen LogP contribution is -2.53. The number of hydrogen-bond donors (Lipinski definition) is 0. The molecule has 1 fully saturated rings. The first-order chi connectivity index (χ1) is 21.8. The van der Waals surface area contributed by atoms with Gasteiger partial charge in [-0.15, -0.1) is 0 Å². The lowest BCUT2D eigenvalue weighted by Gasteiger charge is -2.43. The van der Waals surface area contributed by atoms with Gasteiger partial charge in [0.25, 0.3) is 5.56 Å². The average Bonchev–Trinajstić information content (AvgIpc) is 3.09. The maximum Gasteiger partial charge on any atom is 0.255 e. The van der Waals surface area contributed by atoms with Gasteiger partial charge in [0.15, 0.2) is 0 Å². The number of pyridine rings is 3. The Bertz CT molecular complexity index is 1960. The van der Waals surface area contributed by atoms with Crippen molar-refractivity contribution in [1.82, 2.24) is 19.4 Å². The fourth-order valence-corrected chi connectivity index (χ4v) is 6.06. The van der Waals surface area contributed by atoms with Gasteiger partial charge in [-0.05, 0) is 91.9 Å². The van der Waals surface area contributed by atoms with Crippen LogP contribution in [0.25, 0.3) is 49.4 Å². The second kappa shape index (κ2) is 13.6. The van der Waals surface area contributed by atoms with Crippen LogP contribution in [0.1, 0.15) is 48.5 Å². The molecule has 6 nitrogen and oxygen atoms in total. The van der Waals surface area contributed by atoms with E-state index in [1.54, 1.807) is 6.07 Å². The number of anilines is 1. The van der Waals surface area contributed by atoms with Crippen LogP contribution in [0.3, 0.4) is 0 Å². The summed E-state index contributed by atoms with van der Waals surface area (Å²) >= 11 is 0. The highest BCUT2D eigenvalue weighted by Gasteiger charge is 2.26. The number of benzene rings is 3. The molecule has 0 atom stereocenters. The van der Waals surface area contributed by atoms with E-state index in [9.17, 15) is 4.79 Å². The first-order valence-corrected chi connectivity index (χ1v) is 16.2. The lowest BCUT2D eigenvalue weighted by molar-refractivity contribution is 0.128. The van der Waals surface area contributed by atoms with Crippen molar-refractivity contribution in [2.45, 2.75) is 54.0 Å². The summed E-state index contributed by atoms with van der Waals surface area (Å²) in [5.41, 5.74) is 6.08. The summed E-state index contributed by atoms with van der Waals surface area (Å²) in [6, 6.07) is 26.7. The molecule has 1 saturated heterocycles. The van der Waals surface area contributed by atoms with Crippen LogP contribution in [0.4, 0.5) is 5.69 Å². The molecule has 0 N–H and O–H groups in total. The Morgan fingerprint density at radius 1 is 0.644 bits per heavy atom. The third kappa shape index (κ3) is 6.47. The van der Waals surface area contributed by atoms with Crippen molar-refractivity contribution in [1.29, 1.82) is 0 Å². The molecule has 0 aliphatic carbocycles. The number of hydrogen-bond acceptors (Lipinski definition) is 5.